The minimum atomic E-state index is -0.274. The summed E-state index contributed by atoms with van der Waals surface area (Å²) in [6.07, 6.45) is 5.01. The van der Waals surface area contributed by atoms with Crippen LogP contribution in [0.5, 0.6) is 11.8 Å². The van der Waals surface area contributed by atoms with Crippen LogP contribution in [0, 0.1) is 18.7 Å². The van der Waals surface area contributed by atoms with Crippen molar-refractivity contribution in [3.8, 4) is 22.9 Å². The topological polar surface area (TPSA) is 88.1 Å². The molecule has 164 valence electrons. The van der Waals surface area contributed by atoms with E-state index in [0.717, 1.165) is 53.5 Å². The second-order valence-electron chi connectivity index (χ2n) is 8.74. The average molecular weight is 433 g/mol. The van der Waals surface area contributed by atoms with Gasteiger partial charge in [-0.3, -0.25) is 0 Å². The number of fused-ring (bicyclic) bond motifs is 5. The van der Waals surface area contributed by atoms with Gasteiger partial charge in [-0.05, 0) is 42.5 Å². The molecule has 2 aliphatic heterocycles. The molecule has 3 aromatic rings. The molecule has 2 aromatic heterocycles. The van der Waals surface area contributed by atoms with Crippen LogP contribution >= 0.6 is 0 Å². The number of aryl methyl sites for hydroxylation is 1. The molecule has 1 aromatic carbocycles. The monoisotopic (exact) mass is 433 g/mol. The highest BCUT2D eigenvalue weighted by Gasteiger charge is 2.37. The third kappa shape index (κ3) is 3.24. The molecule has 32 heavy (non-hydrogen) atoms. The lowest BCUT2D eigenvalue weighted by Crippen LogP contribution is -2.41. The molecule has 9 heteroatoms. The van der Waals surface area contributed by atoms with Gasteiger partial charge in [0, 0.05) is 50.4 Å². The van der Waals surface area contributed by atoms with Crippen LogP contribution in [0.3, 0.4) is 0 Å². The van der Waals surface area contributed by atoms with Crippen molar-refractivity contribution < 1.29 is 9.13 Å². The Morgan fingerprint density at radius 2 is 2.03 bits per heavy atom. The summed E-state index contributed by atoms with van der Waals surface area (Å²) in [4.78, 5) is 20.2. The van der Waals surface area contributed by atoms with E-state index < -0.39 is 0 Å². The Hall–Kier alpha value is -3.33. The molecule has 0 radical (unpaired) electrons. The minimum Gasteiger partial charge on any atom is -0.421 e. The Morgan fingerprint density at radius 3 is 2.81 bits per heavy atom. The number of piperidine rings is 1. The molecule has 8 nitrogen and oxygen atoms in total. The largest absolute Gasteiger partial charge is 0.421 e. The van der Waals surface area contributed by atoms with Gasteiger partial charge in [0.2, 0.25) is 0 Å². The highest BCUT2D eigenvalue weighted by Crippen LogP contribution is 2.46. The fourth-order valence-corrected chi connectivity index (χ4v) is 5.14. The number of benzene rings is 1. The van der Waals surface area contributed by atoms with E-state index in [-0.39, 0.29) is 11.8 Å². The van der Waals surface area contributed by atoms with Crippen LogP contribution in [0.2, 0.25) is 0 Å². The van der Waals surface area contributed by atoms with Crippen LogP contribution in [0.4, 0.5) is 15.9 Å². The number of halogens is 1. The van der Waals surface area contributed by atoms with Crippen LogP contribution in [-0.2, 0) is 6.42 Å². The van der Waals surface area contributed by atoms with E-state index in [9.17, 15) is 4.39 Å². The van der Waals surface area contributed by atoms with Gasteiger partial charge in [0.1, 0.15) is 17.5 Å². The first-order valence-electron chi connectivity index (χ1n) is 10.9. The number of ether oxygens (including phenoxy) is 1. The number of nitrogens with zero attached hydrogens (tertiary/aromatic N) is 5. The van der Waals surface area contributed by atoms with Crippen molar-refractivity contribution in [2.45, 2.75) is 25.8 Å². The molecule has 2 unspecified atom stereocenters. The lowest BCUT2D eigenvalue weighted by atomic mass is 9.98. The van der Waals surface area contributed by atoms with Crippen LogP contribution in [0.15, 0.2) is 24.5 Å². The number of nitrogens with one attached hydrogen (secondary N) is 2. The fraction of sp³-hybridized carbons (Fsp3) is 0.391. The number of rotatable bonds is 4. The first kappa shape index (κ1) is 19.4. The smallest absolute Gasteiger partial charge is 0.324 e. The Morgan fingerprint density at radius 1 is 1.19 bits per heavy atom. The van der Waals surface area contributed by atoms with Gasteiger partial charge in [0.05, 0.1) is 18.1 Å². The summed E-state index contributed by atoms with van der Waals surface area (Å²) in [5, 5.41) is 6.72. The van der Waals surface area contributed by atoms with Crippen LogP contribution in [-0.4, -0.2) is 52.7 Å². The fourth-order valence-electron chi connectivity index (χ4n) is 5.14. The quantitative estimate of drug-likeness (QED) is 0.508. The first-order valence-corrected chi connectivity index (χ1v) is 10.9. The molecule has 2 N–H and O–H groups in total. The summed E-state index contributed by atoms with van der Waals surface area (Å²) < 4.78 is 20.4. The summed E-state index contributed by atoms with van der Waals surface area (Å²) in [5.41, 5.74) is 4.42. The second kappa shape index (κ2) is 7.37. The highest BCUT2D eigenvalue weighted by molar-refractivity contribution is 5.88. The zero-order valence-electron chi connectivity index (χ0n) is 18.0. The van der Waals surface area contributed by atoms with Gasteiger partial charge < -0.3 is 20.3 Å². The molecule has 2 bridgehead atoms. The summed E-state index contributed by atoms with van der Waals surface area (Å²) >= 11 is 0. The molecule has 2 saturated heterocycles. The van der Waals surface area contributed by atoms with Gasteiger partial charge in [-0.2, -0.15) is 9.97 Å². The van der Waals surface area contributed by atoms with Gasteiger partial charge in [-0.25, -0.2) is 14.4 Å². The van der Waals surface area contributed by atoms with Crippen molar-refractivity contribution in [1.29, 1.82) is 0 Å². The Bertz CT molecular complexity index is 1190. The third-order valence-corrected chi connectivity index (χ3v) is 6.54. The molecule has 1 aliphatic carbocycles. The maximum Gasteiger partial charge on any atom is 0.324 e. The molecule has 0 amide bonds. The lowest BCUT2D eigenvalue weighted by molar-refractivity contribution is 0.431. The SMILES string of the molecule is CNc1cc(F)cc2c1Cc1nc(Oc3cnc(C)nc3)nc(N3CC4CNC(C4)C3)c1-2. The Labute approximate surface area is 185 Å². The summed E-state index contributed by atoms with van der Waals surface area (Å²) in [6, 6.07) is 3.83. The lowest BCUT2D eigenvalue weighted by Gasteiger charge is -2.33. The van der Waals surface area contributed by atoms with Crippen LogP contribution in [0.25, 0.3) is 11.1 Å². The van der Waals surface area contributed by atoms with Crippen molar-refractivity contribution >= 4 is 11.5 Å². The number of hydrogen-bond donors (Lipinski definition) is 2. The summed E-state index contributed by atoms with van der Waals surface area (Å²) in [6.45, 7) is 4.61. The van der Waals surface area contributed by atoms with E-state index in [1.54, 1.807) is 18.5 Å². The number of anilines is 2. The third-order valence-electron chi connectivity index (χ3n) is 6.54. The Balaban J connectivity index is 1.47. The number of hydrogen-bond acceptors (Lipinski definition) is 8. The van der Waals surface area contributed by atoms with Crippen molar-refractivity contribution in [1.82, 2.24) is 25.3 Å². The molecule has 3 aliphatic rings. The van der Waals surface area contributed by atoms with E-state index in [0.29, 0.717) is 30.0 Å². The van der Waals surface area contributed by atoms with E-state index in [1.807, 2.05) is 14.0 Å². The van der Waals surface area contributed by atoms with Crippen molar-refractivity contribution in [2.24, 2.45) is 5.92 Å². The molecular formula is C23H24FN7O. The predicted molar refractivity (Wildman–Crippen MR) is 119 cm³/mol. The van der Waals surface area contributed by atoms with Crippen molar-refractivity contribution in [2.75, 3.05) is 36.9 Å². The molecule has 2 fully saturated rings. The normalized spacial score (nSPS) is 20.8. The second-order valence-corrected chi connectivity index (χ2v) is 8.74. The average Bonchev–Trinajstić information content (AvgIpc) is 3.33. The van der Waals surface area contributed by atoms with E-state index in [1.165, 1.54) is 12.5 Å². The summed E-state index contributed by atoms with van der Waals surface area (Å²) in [7, 11) is 1.81. The molecule has 2 atom stereocenters. The molecule has 0 spiro atoms. The van der Waals surface area contributed by atoms with Gasteiger partial charge in [0.25, 0.3) is 0 Å². The van der Waals surface area contributed by atoms with Gasteiger partial charge in [0.15, 0.2) is 5.75 Å². The number of aromatic nitrogens is 4. The summed E-state index contributed by atoms with van der Waals surface area (Å²) in [5.74, 6) is 2.27. The standard InChI is InChI=1S/C23H24FN7O/c1-12-26-8-16(9-27-12)32-23-29-20-6-17-18(4-14(24)5-19(17)25-2)21(20)22(30-23)31-10-13-3-15(11-31)28-7-13/h4-5,8-9,13,15,25,28H,3,6-7,10-11H2,1-2H3. The van der Waals surface area contributed by atoms with E-state index >= 15 is 0 Å². The Kier molecular flexibility index (Phi) is 4.46. The van der Waals surface area contributed by atoms with Crippen LogP contribution < -0.4 is 20.3 Å². The van der Waals surface area contributed by atoms with E-state index in [2.05, 4.69) is 25.5 Å². The predicted octanol–water partition coefficient (Wildman–Crippen LogP) is 2.92. The maximum absolute atomic E-state index is 14.5. The zero-order valence-corrected chi connectivity index (χ0v) is 18.0. The molecule has 4 heterocycles. The van der Waals surface area contributed by atoms with E-state index in [4.69, 9.17) is 14.7 Å². The van der Waals surface area contributed by atoms with Crippen molar-refractivity contribution in [3.05, 3.63) is 47.4 Å². The maximum atomic E-state index is 14.5. The van der Waals surface area contributed by atoms with Crippen molar-refractivity contribution in [3.63, 3.8) is 0 Å². The van der Waals surface area contributed by atoms with Gasteiger partial charge in [-0.15, -0.1) is 0 Å². The van der Waals surface area contributed by atoms with Gasteiger partial charge in [-0.1, -0.05) is 0 Å². The van der Waals surface area contributed by atoms with Crippen LogP contribution in [0.1, 0.15) is 23.5 Å². The first-order chi connectivity index (χ1) is 15.6. The molecule has 0 saturated carbocycles. The minimum absolute atomic E-state index is 0.261. The zero-order chi connectivity index (χ0) is 21.8. The molecular weight excluding hydrogens is 409 g/mol. The molecule has 6 rings (SSSR count). The highest BCUT2D eigenvalue weighted by atomic mass is 19.1. The van der Waals surface area contributed by atoms with Gasteiger partial charge >= 0.3 is 6.01 Å².